The number of carbonyl (C=O) groups excluding carboxylic acids is 1. The SMILES string of the molecule is C=CCOc1ccc(Nc2cnc(OCCCCOc3cccc4c3CCN(C(=O)OC(C)(C)C)C4)nc2)cc1. The summed E-state index contributed by atoms with van der Waals surface area (Å²) in [7, 11) is 0. The van der Waals surface area contributed by atoms with E-state index < -0.39 is 5.60 Å². The second-order valence-electron chi connectivity index (χ2n) is 10.5. The Morgan fingerprint density at radius 2 is 1.73 bits per heavy atom. The first-order chi connectivity index (χ1) is 19.3. The fourth-order valence-corrected chi connectivity index (χ4v) is 4.15. The van der Waals surface area contributed by atoms with Crippen LogP contribution in [0.1, 0.15) is 44.7 Å². The van der Waals surface area contributed by atoms with Crippen LogP contribution in [0.25, 0.3) is 0 Å². The van der Waals surface area contributed by atoms with Crippen molar-refractivity contribution in [2.24, 2.45) is 0 Å². The Kier molecular flexibility index (Phi) is 9.83. The molecular formula is C31H38N4O5. The van der Waals surface area contributed by atoms with Crippen molar-refractivity contribution < 1.29 is 23.7 Å². The molecule has 1 N–H and O–H groups in total. The number of amides is 1. The number of carbonyl (C=O) groups is 1. The van der Waals surface area contributed by atoms with Crippen LogP contribution in [0.4, 0.5) is 16.2 Å². The predicted molar refractivity (Wildman–Crippen MR) is 154 cm³/mol. The molecule has 0 aliphatic carbocycles. The number of ether oxygens (including phenoxy) is 4. The van der Waals surface area contributed by atoms with Crippen molar-refractivity contribution in [3.05, 3.63) is 78.6 Å². The van der Waals surface area contributed by atoms with E-state index in [1.165, 1.54) is 0 Å². The predicted octanol–water partition coefficient (Wildman–Crippen LogP) is 6.32. The lowest BCUT2D eigenvalue weighted by Gasteiger charge is -2.31. The first-order valence-electron chi connectivity index (χ1n) is 13.6. The largest absolute Gasteiger partial charge is 0.493 e. The number of nitrogens with zero attached hydrogens (tertiary/aromatic N) is 3. The van der Waals surface area contributed by atoms with Crippen LogP contribution in [-0.4, -0.2) is 52.9 Å². The summed E-state index contributed by atoms with van der Waals surface area (Å²) >= 11 is 0. The highest BCUT2D eigenvalue weighted by Gasteiger charge is 2.27. The van der Waals surface area contributed by atoms with Gasteiger partial charge in [0, 0.05) is 24.3 Å². The maximum Gasteiger partial charge on any atom is 0.410 e. The molecule has 0 atom stereocenters. The number of aromatic nitrogens is 2. The Balaban J connectivity index is 1.15. The average molecular weight is 547 g/mol. The molecule has 0 bridgehead atoms. The van der Waals surface area contributed by atoms with Gasteiger partial charge in [-0.05, 0) is 75.9 Å². The monoisotopic (exact) mass is 546 g/mol. The summed E-state index contributed by atoms with van der Waals surface area (Å²) in [4.78, 5) is 22.8. The van der Waals surface area contributed by atoms with Crippen LogP contribution in [0.5, 0.6) is 17.5 Å². The summed E-state index contributed by atoms with van der Waals surface area (Å²) in [5, 5.41) is 3.25. The highest BCUT2D eigenvalue weighted by molar-refractivity contribution is 5.69. The van der Waals surface area contributed by atoms with E-state index >= 15 is 0 Å². The van der Waals surface area contributed by atoms with Crippen LogP contribution >= 0.6 is 0 Å². The van der Waals surface area contributed by atoms with E-state index in [-0.39, 0.29) is 6.09 Å². The Hall–Kier alpha value is -4.27. The Morgan fingerprint density at radius 1 is 1.00 bits per heavy atom. The van der Waals surface area contributed by atoms with E-state index in [2.05, 4.69) is 21.9 Å². The second kappa shape index (κ2) is 13.7. The van der Waals surface area contributed by atoms with E-state index in [1.807, 2.05) is 63.2 Å². The van der Waals surface area contributed by atoms with Gasteiger partial charge < -0.3 is 29.2 Å². The molecular weight excluding hydrogens is 508 g/mol. The third-order valence-corrected chi connectivity index (χ3v) is 6.04. The van der Waals surface area contributed by atoms with Gasteiger partial charge in [-0.3, -0.25) is 0 Å². The zero-order chi connectivity index (χ0) is 28.4. The van der Waals surface area contributed by atoms with Crippen molar-refractivity contribution in [1.82, 2.24) is 14.9 Å². The van der Waals surface area contributed by atoms with Crippen LogP contribution in [0, 0.1) is 0 Å². The molecule has 1 aliphatic rings. The molecule has 0 saturated carbocycles. The molecule has 9 heteroatoms. The first-order valence-corrected chi connectivity index (χ1v) is 13.6. The average Bonchev–Trinajstić information content (AvgIpc) is 2.94. The van der Waals surface area contributed by atoms with Gasteiger partial charge in [0.1, 0.15) is 23.7 Å². The molecule has 40 heavy (non-hydrogen) atoms. The fraction of sp³-hybridized carbons (Fsp3) is 0.387. The summed E-state index contributed by atoms with van der Waals surface area (Å²) in [5.41, 5.74) is 3.43. The lowest BCUT2D eigenvalue weighted by atomic mass is 9.99. The van der Waals surface area contributed by atoms with Gasteiger partial charge in [-0.25, -0.2) is 14.8 Å². The number of anilines is 2. The minimum absolute atomic E-state index is 0.278. The first kappa shape index (κ1) is 28.7. The van der Waals surface area contributed by atoms with Gasteiger partial charge in [-0.15, -0.1) is 0 Å². The molecule has 2 aromatic carbocycles. The molecule has 1 aliphatic heterocycles. The van der Waals surface area contributed by atoms with Crippen molar-refractivity contribution in [1.29, 1.82) is 0 Å². The summed E-state index contributed by atoms with van der Waals surface area (Å²) in [5.74, 6) is 1.67. The van der Waals surface area contributed by atoms with Crippen LogP contribution in [0.3, 0.4) is 0 Å². The number of rotatable bonds is 12. The Morgan fingerprint density at radius 3 is 2.42 bits per heavy atom. The van der Waals surface area contributed by atoms with Crippen LogP contribution in [0.15, 0.2) is 67.5 Å². The minimum Gasteiger partial charge on any atom is -0.493 e. The second-order valence-corrected chi connectivity index (χ2v) is 10.5. The van der Waals surface area contributed by atoms with Crippen LogP contribution < -0.4 is 19.5 Å². The van der Waals surface area contributed by atoms with Gasteiger partial charge in [0.15, 0.2) is 0 Å². The zero-order valence-corrected chi connectivity index (χ0v) is 23.5. The van der Waals surface area contributed by atoms with Crippen LogP contribution in [0.2, 0.25) is 0 Å². The maximum atomic E-state index is 12.5. The van der Waals surface area contributed by atoms with Gasteiger partial charge in [0.05, 0.1) is 31.3 Å². The number of unbranched alkanes of at least 4 members (excludes halogenated alkanes) is 1. The molecule has 0 unspecified atom stereocenters. The molecule has 1 amide bonds. The zero-order valence-electron chi connectivity index (χ0n) is 23.5. The summed E-state index contributed by atoms with van der Waals surface area (Å²) < 4.78 is 22.8. The van der Waals surface area contributed by atoms with E-state index in [0.29, 0.717) is 38.9 Å². The van der Waals surface area contributed by atoms with Crippen molar-refractivity contribution in [2.45, 2.75) is 52.2 Å². The van der Waals surface area contributed by atoms with Crippen molar-refractivity contribution in [2.75, 3.05) is 31.7 Å². The normalized spacial score (nSPS) is 12.7. The quantitative estimate of drug-likeness (QED) is 0.208. The van der Waals surface area contributed by atoms with Crippen molar-refractivity contribution >= 4 is 17.5 Å². The van der Waals surface area contributed by atoms with E-state index in [0.717, 1.165) is 53.3 Å². The van der Waals surface area contributed by atoms with E-state index in [4.69, 9.17) is 18.9 Å². The summed E-state index contributed by atoms with van der Waals surface area (Å²) in [6.07, 6.45) is 7.20. The highest BCUT2D eigenvalue weighted by atomic mass is 16.6. The van der Waals surface area contributed by atoms with Gasteiger partial charge in [0.2, 0.25) is 0 Å². The number of benzene rings is 2. The number of fused-ring (bicyclic) bond motifs is 1. The summed E-state index contributed by atoms with van der Waals surface area (Å²) in [6.45, 7) is 12.0. The number of hydrogen-bond donors (Lipinski definition) is 1. The molecule has 212 valence electrons. The van der Waals surface area contributed by atoms with E-state index in [9.17, 15) is 4.79 Å². The minimum atomic E-state index is -0.506. The van der Waals surface area contributed by atoms with Gasteiger partial charge in [-0.1, -0.05) is 24.8 Å². The van der Waals surface area contributed by atoms with Gasteiger partial charge in [0.25, 0.3) is 0 Å². The highest BCUT2D eigenvalue weighted by Crippen LogP contribution is 2.29. The molecule has 0 radical (unpaired) electrons. The van der Waals surface area contributed by atoms with Crippen molar-refractivity contribution in [3.8, 4) is 17.5 Å². The van der Waals surface area contributed by atoms with Gasteiger partial charge in [-0.2, -0.15) is 0 Å². The molecule has 0 saturated heterocycles. The van der Waals surface area contributed by atoms with E-state index in [1.54, 1.807) is 23.4 Å². The molecule has 0 fully saturated rings. The smallest absolute Gasteiger partial charge is 0.410 e. The fourth-order valence-electron chi connectivity index (χ4n) is 4.15. The molecule has 1 aromatic heterocycles. The van der Waals surface area contributed by atoms with Crippen LogP contribution in [-0.2, 0) is 17.7 Å². The Bertz CT molecular complexity index is 1260. The van der Waals surface area contributed by atoms with Gasteiger partial charge >= 0.3 is 12.1 Å². The summed E-state index contributed by atoms with van der Waals surface area (Å²) in [6, 6.07) is 14.0. The topological polar surface area (TPSA) is 95.0 Å². The molecule has 9 nitrogen and oxygen atoms in total. The maximum absolute atomic E-state index is 12.5. The Labute approximate surface area is 236 Å². The number of nitrogens with one attached hydrogen (secondary N) is 1. The molecule has 2 heterocycles. The number of hydrogen-bond acceptors (Lipinski definition) is 8. The lowest BCUT2D eigenvalue weighted by molar-refractivity contribution is 0.0223. The standard InChI is InChI=1S/C31H38N4O5/c1-5-17-37-26-13-11-24(12-14-26)34-25-20-32-29(33-21-25)39-19-7-6-18-38-28-10-8-9-23-22-35(16-15-27(23)28)30(36)40-31(2,3)4/h5,8-14,20-21,34H,1,6-7,15-19,22H2,2-4H3. The van der Waals surface area contributed by atoms with Crippen molar-refractivity contribution in [3.63, 3.8) is 0 Å². The lowest BCUT2D eigenvalue weighted by Crippen LogP contribution is -2.40. The third kappa shape index (κ3) is 8.62. The molecule has 3 aromatic rings. The third-order valence-electron chi connectivity index (χ3n) is 6.04. The molecule has 0 spiro atoms. The molecule has 4 rings (SSSR count).